The quantitative estimate of drug-likeness (QED) is 0.220. The number of hydrogen-bond acceptors (Lipinski definition) is 4. The summed E-state index contributed by atoms with van der Waals surface area (Å²) >= 11 is 0. The zero-order chi connectivity index (χ0) is 19.2. The van der Waals surface area contributed by atoms with Crippen LogP contribution in [-0.4, -0.2) is 30.0 Å². The summed E-state index contributed by atoms with van der Waals surface area (Å²) < 4.78 is 30.0. The van der Waals surface area contributed by atoms with E-state index >= 15 is 0 Å². The van der Waals surface area contributed by atoms with Gasteiger partial charge in [0.2, 0.25) is 0 Å². The number of Topliss-reactive ketones (excluding diaryl/α,β-unsaturated/α-hetero) is 1. The zero-order valence-electron chi connectivity index (χ0n) is 18.3. The van der Waals surface area contributed by atoms with Crippen LogP contribution in [0.25, 0.3) is 0 Å². The molecule has 0 aromatic carbocycles. The van der Waals surface area contributed by atoms with Gasteiger partial charge >= 0.3 is 29.6 Å². The van der Waals surface area contributed by atoms with E-state index in [0.717, 1.165) is 19.3 Å². The molecule has 7 heteroatoms. The summed E-state index contributed by atoms with van der Waals surface area (Å²) in [4.78, 5) is 12.0. The Balaban J connectivity index is -0.00000288. The third-order valence-corrected chi connectivity index (χ3v) is 6.59. The predicted octanol–water partition coefficient (Wildman–Crippen LogP) is 1.76. The topological polar surface area (TPSA) is 97.5 Å². The number of carbonyl (C=O) groups excluding carboxylic acids is 1. The van der Waals surface area contributed by atoms with Crippen LogP contribution in [0.4, 0.5) is 0 Å². The minimum atomic E-state index is -4.46. The van der Waals surface area contributed by atoms with Crippen LogP contribution in [0.5, 0.6) is 0 Å². The Hall–Kier alpha value is 0.540. The van der Waals surface area contributed by atoms with Crippen molar-refractivity contribution in [3.63, 3.8) is 0 Å². The smallest absolute Gasteiger partial charge is 1.00 e. The second kappa shape index (κ2) is 16.5. The molecule has 0 aromatic heterocycles. The predicted molar refractivity (Wildman–Crippen MR) is 105 cm³/mol. The van der Waals surface area contributed by atoms with Crippen molar-refractivity contribution in [2.24, 2.45) is 5.73 Å². The summed E-state index contributed by atoms with van der Waals surface area (Å²) in [6.07, 6.45) is 15.9. The van der Waals surface area contributed by atoms with Gasteiger partial charge in [-0.15, -0.1) is 0 Å². The average Bonchev–Trinajstić information content (AvgIpc) is 2.56. The molecule has 26 heavy (non-hydrogen) atoms. The third kappa shape index (κ3) is 12.1. The molecular weight excluding hydrogens is 361 g/mol. The first kappa shape index (κ1) is 28.7. The van der Waals surface area contributed by atoms with Gasteiger partial charge in [-0.2, -0.15) is 8.42 Å². The molecule has 0 spiro atoms. The van der Waals surface area contributed by atoms with Gasteiger partial charge in [-0.05, 0) is 13.3 Å². The fourth-order valence-corrected chi connectivity index (χ4v) is 3.53. The number of ketones is 1. The molecule has 1 unspecified atom stereocenters. The standard InChI is InChI=1S/C19H39NO4S.Na.H/c1-3-4-5-6-7-8-9-10-11-12-13-14-15-16-18(21)19(2,17-20)25(22,23)24;;/h3-17,20H2,1-2H3,(H,22,23,24);;/q;+1;-1. The molecule has 0 rings (SSSR count). The Morgan fingerprint density at radius 1 is 0.885 bits per heavy atom. The Bertz CT molecular complexity index is 463. The summed E-state index contributed by atoms with van der Waals surface area (Å²) in [7, 11) is -4.46. The second-order valence-electron chi connectivity index (χ2n) is 7.33. The van der Waals surface area contributed by atoms with Gasteiger partial charge in [0.05, 0.1) is 0 Å². The summed E-state index contributed by atoms with van der Waals surface area (Å²) in [5.74, 6) is -0.486. The normalized spacial score (nSPS) is 13.8. The first-order valence-electron chi connectivity index (χ1n) is 10.00. The fourth-order valence-electron chi connectivity index (χ4n) is 2.93. The largest absolute Gasteiger partial charge is 1.00 e. The van der Waals surface area contributed by atoms with Gasteiger partial charge in [0, 0.05) is 13.0 Å². The maximum absolute atomic E-state index is 12.0. The number of nitrogens with two attached hydrogens (primary N) is 1. The van der Waals surface area contributed by atoms with E-state index in [9.17, 15) is 17.8 Å². The van der Waals surface area contributed by atoms with Gasteiger partial charge < -0.3 is 7.16 Å². The average molecular weight is 402 g/mol. The van der Waals surface area contributed by atoms with E-state index in [0.29, 0.717) is 6.42 Å². The molecule has 0 radical (unpaired) electrons. The van der Waals surface area contributed by atoms with E-state index in [1.807, 2.05) is 0 Å². The maximum Gasteiger partial charge on any atom is 1.00 e. The maximum atomic E-state index is 12.0. The molecule has 0 bridgehead atoms. The third-order valence-electron chi connectivity index (χ3n) is 5.06. The Labute approximate surface area is 184 Å². The molecule has 3 N–H and O–H groups in total. The minimum absolute atomic E-state index is 0. The Kier molecular flexibility index (Phi) is 18.2. The van der Waals surface area contributed by atoms with Gasteiger partial charge in [-0.25, -0.2) is 0 Å². The van der Waals surface area contributed by atoms with Crippen molar-refractivity contribution in [2.45, 2.75) is 108 Å². The molecular formula is C19H40NNaO4S. The second-order valence-corrected chi connectivity index (χ2v) is 9.18. The van der Waals surface area contributed by atoms with E-state index in [2.05, 4.69) is 6.92 Å². The molecule has 0 aromatic rings. The SMILES string of the molecule is CCCCCCCCCCCCCCCC(=O)C(C)(CN)S(=O)(=O)O.[H-].[Na+]. The van der Waals surface area contributed by atoms with Crippen molar-refractivity contribution in [1.29, 1.82) is 0 Å². The number of hydrogen-bond donors (Lipinski definition) is 2. The van der Waals surface area contributed by atoms with Crippen LogP contribution in [0.3, 0.4) is 0 Å². The van der Waals surface area contributed by atoms with Crippen LogP contribution in [0.1, 0.15) is 105 Å². The molecule has 152 valence electrons. The summed E-state index contributed by atoms with van der Waals surface area (Å²) in [5, 5.41) is 0. The van der Waals surface area contributed by atoms with Gasteiger partial charge in [-0.3, -0.25) is 9.35 Å². The molecule has 0 saturated carbocycles. The monoisotopic (exact) mass is 401 g/mol. The van der Waals surface area contributed by atoms with E-state index in [1.165, 1.54) is 64.7 Å². The number of carbonyl (C=O) groups is 1. The van der Waals surface area contributed by atoms with Gasteiger partial charge in [0.15, 0.2) is 10.5 Å². The number of rotatable bonds is 17. The number of unbranched alkanes of at least 4 members (excludes halogenated alkanes) is 12. The van der Waals surface area contributed by atoms with Crippen molar-refractivity contribution in [2.75, 3.05) is 6.54 Å². The van der Waals surface area contributed by atoms with Gasteiger partial charge in [-0.1, -0.05) is 84.0 Å². The summed E-state index contributed by atoms with van der Waals surface area (Å²) in [5.41, 5.74) is 5.38. The molecule has 0 aliphatic heterocycles. The molecule has 0 saturated heterocycles. The van der Waals surface area contributed by atoms with Crippen molar-refractivity contribution in [1.82, 2.24) is 0 Å². The summed E-state index contributed by atoms with van der Waals surface area (Å²) in [6, 6.07) is 0. The van der Waals surface area contributed by atoms with Crippen LogP contribution in [0, 0.1) is 0 Å². The van der Waals surface area contributed by atoms with Crippen LogP contribution < -0.4 is 35.3 Å². The van der Waals surface area contributed by atoms with Crippen molar-refractivity contribution < 1.29 is 48.7 Å². The van der Waals surface area contributed by atoms with E-state index in [1.54, 1.807) is 0 Å². The van der Waals surface area contributed by atoms with E-state index < -0.39 is 20.6 Å². The first-order chi connectivity index (χ1) is 11.8. The Morgan fingerprint density at radius 3 is 1.54 bits per heavy atom. The van der Waals surface area contributed by atoms with Crippen molar-refractivity contribution in [3.05, 3.63) is 0 Å². The summed E-state index contributed by atoms with van der Waals surface area (Å²) in [6.45, 7) is 3.05. The van der Waals surface area contributed by atoms with E-state index in [4.69, 9.17) is 5.73 Å². The van der Waals surface area contributed by atoms with Crippen molar-refractivity contribution >= 4 is 15.9 Å². The molecule has 0 amide bonds. The molecule has 1 atom stereocenters. The Morgan fingerprint density at radius 2 is 1.23 bits per heavy atom. The van der Waals surface area contributed by atoms with E-state index in [-0.39, 0.29) is 43.9 Å². The van der Waals surface area contributed by atoms with Gasteiger partial charge in [0.25, 0.3) is 10.1 Å². The molecule has 5 nitrogen and oxygen atoms in total. The van der Waals surface area contributed by atoms with Crippen LogP contribution >= 0.6 is 0 Å². The van der Waals surface area contributed by atoms with Crippen molar-refractivity contribution in [3.8, 4) is 0 Å². The minimum Gasteiger partial charge on any atom is -1.00 e. The first-order valence-corrected chi connectivity index (χ1v) is 11.4. The zero-order valence-corrected chi connectivity index (χ0v) is 20.1. The van der Waals surface area contributed by atoms with Crippen LogP contribution in [-0.2, 0) is 14.9 Å². The molecule has 0 heterocycles. The van der Waals surface area contributed by atoms with Gasteiger partial charge in [0.1, 0.15) is 0 Å². The van der Waals surface area contributed by atoms with Crippen LogP contribution in [0.2, 0.25) is 0 Å². The van der Waals surface area contributed by atoms with Crippen LogP contribution in [0.15, 0.2) is 0 Å². The fraction of sp³-hybridized carbons (Fsp3) is 0.947. The molecule has 0 aliphatic carbocycles. The molecule has 0 aliphatic rings. The molecule has 0 fully saturated rings.